The highest BCUT2D eigenvalue weighted by atomic mass is 16.2. The van der Waals surface area contributed by atoms with Gasteiger partial charge in [-0.1, -0.05) is 13.3 Å². The first-order valence-electron chi connectivity index (χ1n) is 6.30. The Morgan fingerprint density at radius 1 is 1.44 bits per heavy atom. The Morgan fingerprint density at radius 2 is 2.11 bits per heavy atom. The van der Waals surface area contributed by atoms with Gasteiger partial charge >= 0.3 is 0 Å². The summed E-state index contributed by atoms with van der Waals surface area (Å²) in [6.07, 6.45) is 1.62. The third-order valence-electron chi connectivity index (χ3n) is 2.92. The Balaban J connectivity index is 2.76. The van der Waals surface area contributed by atoms with Gasteiger partial charge in [0.25, 0.3) is 0 Å². The second-order valence-electron chi connectivity index (χ2n) is 4.78. The van der Waals surface area contributed by atoms with E-state index in [4.69, 9.17) is 5.73 Å². The summed E-state index contributed by atoms with van der Waals surface area (Å²) < 4.78 is 0. The van der Waals surface area contributed by atoms with Crippen molar-refractivity contribution < 1.29 is 4.79 Å². The van der Waals surface area contributed by atoms with Crippen LogP contribution in [-0.4, -0.2) is 26.0 Å². The van der Waals surface area contributed by atoms with Crippen LogP contribution in [0.1, 0.15) is 25.3 Å². The van der Waals surface area contributed by atoms with Crippen LogP contribution >= 0.6 is 0 Å². The second kappa shape index (κ2) is 6.40. The van der Waals surface area contributed by atoms with Crippen LogP contribution in [0.5, 0.6) is 0 Å². The molecule has 0 aliphatic rings. The van der Waals surface area contributed by atoms with Crippen molar-refractivity contribution in [2.75, 3.05) is 24.3 Å². The van der Waals surface area contributed by atoms with Gasteiger partial charge in [0, 0.05) is 25.5 Å². The lowest BCUT2D eigenvalue weighted by Gasteiger charge is -2.17. The summed E-state index contributed by atoms with van der Waals surface area (Å²) in [5.41, 5.74) is 8.77. The van der Waals surface area contributed by atoms with E-state index < -0.39 is 6.04 Å². The number of aryl methyl sites for hydroxylation is 1. The smallest absolute Gasteiger partial charge is 0.241 e. The lowest BCUT2D eigenvalue weighted by molar-refractivity contribution is -0.117. The van der Waals surface area contributed by atoms with Gasteiger partial charge in [0.1, 0.15) is 0 Å². The van der Waals surface area contributed by atoms with Crippen molar-refractivity contribution in [3.8, 4) is 0 Å². The molecule has 4 heteroatoms. The van der Waals surface area contributed by atoms with E-state index in [1.807, 2.05) is 51.0 Å². The molecule has 1 atom stereocenters. The van der Waals surface area contributed by atoms with Crippen molar-refractivity contribution >= 4 is 17.3 Å². The van der Waals surface area contributed by atoms with Gasteiger partial charge in [0.15, 0.2) is 0 Å². The SMILES string of the molecule is CCCC(N)C(=O)Nc1ccc(N(C)C)cc1C. The zero-order valence-corrected chi connectivity index (χ0v) is 11.7. The van der Waals surface area contributed by atoms with Gasteiger partial charge in [0.2, 0.25) is 5.91 Å². The van der Waals surface area contributed by atoms with E-state index in [0.29, 0.717) is 6.42 Å². The molecule has 0 aromatic heterocycles. The minimum atomic E-state index is -0.428. The molecule has 0 saturated carbocycles. The fraction of sp³-hybridized carbons (Fsp3) is 0.500. The van der Waals surface area contributed by atoms with Crippen LogP contribution in [0.25, 0.3) is 0 Å². The molecule has 1 rings (SSSR count). The minimum Gasteiger partial charge on any atom is -0.378 e. The molecule has 3 N–H and O–H groups in total. The number of amides is 1. The zero-order valence-electron chi connectivity index (χ0n) is 11.7. The number of benzene rings is 1. The predicted molar refractivity (Wildman–Crippen MR) is 77.0 cm³/mol. The molecule has 18 heavy (non-hydrogen) atoms. The van der Waals surface area contributed by atoms with Gasteiger partial charge in [-0.3, -0.25) is 4.79 Å². The van der Waals surface area contributed by atoms with E-state index in [2.05, 4.69) is 5.32 Å². The molecule has 0 aliphatic carbocycles. The molecule has 0 bridgehead atoms. The highest BCUT2D eigenvalue weighted by Gasteiger charge is 2.13. The molecule has 0 aliphatic heterocycles. The van der Waals surface area contributed by atoms with Crippen LogP contribution in [-0.2, 0) is 4.79 Å². The molecule has 0 spiro atoms. The molecule has 4 nitrogen and oxygen atoms in total. The van der Waals surface area contributed by atoms with Gasteiger partial charge in [-0.25, -0.2) is 0 Å². The summed E-state index contributed by atoms with van der Waals surface area (Å²) in [5, 5.41) is 2.88. The van der Waals surface area contributed by atoms with Crippen LogP contribution in [0, 0.1) is 6.92 Å². The minimum absolute atomic E-state index is 0.113. The largest absolute Gasteiger partial charge is 0.378 e. The van der Waals surface area contributed by atoms with Gasteiger partial charge in [-0.15, -0.1) is 0 Å². The van der Waals surface area contributed by atoms with Gasteiger partial charge < -0.3 is 16.0 Å². The Labute approximate surface area is 109 Å². The molecule has 100 valence electrons. The molecule has 0 radical (unpaired) electrons. The third kappa shape index (κ3) is 3.74. The van der Waals surface area contributed by atoms with Crippen LogP contribution in [0.15, 0.2) is 18.2 Å². The number of carbonyl (C=O) groups is 1. The highest BCUT2D eigenvalue weighted by molar-refractivity contribution is 5.95. The number of rotatable bonds is 5. The van der Waals surface area contributed by atoms with Crippen molar-refractivity contribution in [2.24, 2.45) is 5.73 Å². The first-order chi connectivity index (χ1) is 8.45. The summed E-state index contributed by atoms with van der Waals surface area (Å²) in [4.78, 5) is 13.9. The third-order valence-corrected chi connectivity index (χ3v) is 2.92. The maximum absolute atomic E-state index is 11.8. The highest BCUT2D eigenvalue weighted by Crippen LogP contribution is 2.21. The summed E-state index contributed by atoms with van der Waals surface area (Å²) in [5.74, 6) is -0.113. The fourth-order valence-corrected chi connectivity index (χ4v) is 1.73. The van der Waals surface area contributed by atoms with Gasteiger partial charge in [0.05, 0.1) is 6.04 Å². The van der Waals surface area contributed by atoms with Crippen LogP contribution in [0.2, 0.25) is 0 Å². The maximum atomic E-state index is 11.8. The number of nitrogens with one attached hydrogen (secondary N) is 1. The van der Waals surface area contributed by atoms with Crippen molar-refractivity contribution in [1.29, 1.82) is 0 Å². The first-order valence-corrected chi connectivity index (χ1v) is 6.30. The molecule has 0 saturated heterocycles. The Morgan fingerprint density at radius 3 is 2.61 bits per heavy atom. The van der Waals surface area contributed by atoms with E-state index >= 15 is 0 Å². The van der Waals surface area contributed by atoms with E-state index in [1.165, 1.54) is 0 Å². The van der Waals surface area contributed by atoms with E-state index in [1.54, 1.807) is 0 Å². The summed E-state index contributed by atoms with van der Waals surface area (Å²) in [7, 11) is 3.98. The Kier molecular flexibility index (Phi) is 5.16. The van der Waals surface area contributed by atoms with E-state index in [9.17, 15) is 4.79 Å². The Hall–Kier alpha value is -1.55. The zero-order chi connectivity index (χ0) is 13.7. The molecule has 0 heterocycles. The van der Waals surface area contributed by atoms with Crippen molar-refractivity contribution in [1.82, 2.24) is 0 Å². The number of hydrogen-bond acceptors (Lipinski definition) is 3. The van der Waals surface area contributed by atoms with Crippen LogP contribution < -0.4 is 16.0 Å². The number of nitrogens with two attached hydrogens (primary N) is 1. The average molecular weight is 249 g/mol. The summed E-state index contributed by atoms with van der Waals surface area (Å²) >= 11 is 0. The summed E-state index contributed by atoms with van der Waals surface area (Å²) in [6, 6.07) is 5.51. The monoisotopic (exact) mass is 249 g/mol. The fourth-order valence-electron chi connectivity index (χ4n) is 1.73. The van der Waals surface area contributed by atoms with E-state index in [-0.39, 0.29) is 5.91 Å². The van der Waals surface area contributed by atoms with E-state index in [0.717, 1.165) is 23.4 Å². The lowest BCUT2D eigenvalue weighted by atomic mass is 10.1. The average Bonchev–Trinajstić information content (AvgIpc) is 2.31. The summed E-state index contributed by atoms with van der Waals surface area (Å²) in [6.45, 7) is 4.00. The quantitative estimate of drug-likeness (QED) is 0.840. The maximum Gasteiger partial charge on any atom is 0.241 e. The van der Waals surface area contributed by atoms with Crippen molar-refractivity contribution in [2.45, 2.75) is 32.7 Å². The number of nitrogens with zero attached hydrogens (tertiary/aromatic N) is 1. The molecule has 1 amide bonds. The molecular formula is C14H23N3O. The van der Waals surface area contributed by atoms with Gasteiger partial charge in [-0.05, 0) is 37.1 Å². The second-order valence-corrected chi connectivity index (χ2v) is 4.78. The Bertz CT molecular complexity index is 416. The molecule has 0 fully saturated rings. The topological polar surface area (TPSA) is 58.4 Å². The van der Waals surface area contributed by atoms with Crippen molar-refractivity contribution in [3.05, 3.63) is 23.8 Å². The standard InChI is InChI=1S/C14H23N3O/c1-5-6-12(15)14(18)16-13-8-7-11(17(3)4)9-10(13)2/h7-9,12H,5-6,15H2,1-4H3,(H,16,18). The normalized spacial score (nSPS) is 12.1. The lowest BCUT2D eigenvalue weighted by Crippen LogP contribution is -2.35. The molecule has 1 aromatic rings. The number of carbonyl (C=O) groups excluding carboxylic acids is 1. The molecule has 1 aromatic carbocycles. The van der Waals surface area contributed by atoms with Crippen LogP contribution in [0.4, 0.5) is 11.4 Å². The van der Waals surface area contributed by atoms with Gasteiger partial charge in [-0.2, -0.15) is 0 Å². The number of hydrogen-bond donors (Lipinski definition) is 2. The van der Waals surface area contributed by atoms with Crippen LogP contribution in [0.3, 0.4) is 0 Å². The molecular weight excluding hydrogens is 226 g/mol. The van der Waals surface area contributed by atoms with Crippen molar-refractivity contribution in [3.63, 3.8) is 0 Å². The first kappa shape index (κ1) is 14.5. The predicted octanol–water partition coefficient (Wildman–Crippen LogP) is 2.13. The number of anilines is 2. The molecule has 1 unspecified atom stereocenters.